The van der Waals surface area contributed by atoms with Crippen LogP contribution in [0.5, 0.6) is 11.5 Å². The molecular formula is C25H31N3O4. The number of amides is 2. The first-order valence-corrected chi connectivity index (χ1v) is 10.8. The number of nitrogens with one attached hydrogen (secondary N) is 1. The van der Waals surface area contributed by atoms with Crippen molar-refractivity contribution in [2.24, 2.45) is 0 Å². The summed E-state index contributed by atoms with van der Waals surface area (Å²) >= 11 is 0. The van der Waals surface area contributed by atoms with Gasteiger partial charge in [-0.25, -0.2) is 0 Å². The van der Waals surface area contributed by atoms with Gasteiger partial charge in [-0.05, 0) is 69.7 Å². The molecule has 0 unspecified atom stereocenters. The topological polar surface area (TPSA) is 71.1 Å². The third kappa shape index (κ3) is 4.28. The molecule has 0 atom stereocenters. The lowest BCUT2D eigenvalue weighted by atomic mass is 10.0. The van der Waals surface area contributed by atoms with E-state index in [1.807, 2.05) is 38.1 Å². The quantitative estimate of drug-likeness (QED) is 0.595. The van der Waals surface area contributed by atoms with Gasteiger partial charge in [0.15, 0.2) is 11.5 Å². The lowest BCUT2D eigenvalue weighted by Crippen LogP contribution is -2.38. The lowest BCUT2D eigenvalue weighted by Gasteiger charge is -2.21. The molecule has 7 nitrogen and oxygen atoms in total. The van der Waals surface area contributed by atoms with Crippen LogP contribution in [0.15, 0.2) is 48.2 Å². The molecule has 1 aliphatic rings. The average molecular weight is 438 g/mol. The van der Waals surface area contributed by atoms with E-state index < -0.39 is 0 Å². The van der Waals surface area contributed by atoms with Gasteiger partial charge in [0, 0.05) is 30.5 Å². The van der Waals surface area contributed by atoms with Crippen molar-refractivity contribution in [3.8, 4) is 11.5 Å². The van der Waals surface area contributed by atoms with Gasteiger partial charge in [-0.15, -0.1) is 0 Å². The normalized spacial score (nSPS) is 13.8. The van der Waals surface area contributed by atoms with E-state index in [1.165, 1.54) is 12.0 Å². The predicted octanol–water partition coefficient (Wildman–Crippen LogP) is 4.15. The Balaban J connectivity index is 2.05. The van der Waals surface area contributed by atoms with E-state index in [1.54, 1.807) is 25.3 Å². The van der Waals surface area contributed by atoms with Gasteiger partial charge in [0.1, 0.15) is 5.70 Å². The molecular weight excluding hydrogens is 406 g/mol. The highest BCUT2D eigenvalue weighted by molar-refractivity contribution is 6.36. The SMILES string of the molecule is CCN(CC)c1ccc(NC2=C(c3ccc(OC)c(OC)c3)C(=O)N(C(C)C)C2=O)cc1. The van der Waals surface area contributed by atoms with E-state index in [-0.39, 0.29) is 23.6 Å². The summed E-state index contributed by atoms with van der Waals surface area (Å²) in [4.78, 5) is 30.0. The standard InChI is InChI=1S/C25H31N3O4/c1-7-27(8-2)19-12-10-18(11-13-19)26-23-22(24(29)28(16(3)4)25(23)30)17-9-14-20(31-5)21(15-17)32-6/h9-16,26H,7-8H2,1-6H3. The van der Waals surface area contributed by atoms with Crippen LogP contribution in [0.4, 0.5) is 11.4 Å². The Labute approximate surface area is 189 Å². The largest absolute Gasteiger partial charge is 0.493 e. The van der Waals surface area contributed by atoms with E-state index in [9.17, 15) is 9.59 Å². The molecule has 0 radical (unpaired) electrons. The zero-order valence-electron chi connectivity index (χ0n) is 19.6. The highest BCUT2D eigenvalue weighted by Crippen LogP contribution is 2.36. The van der Waals surface area contributed by atoms with Gasteiger partial charge in [-0.3, -0.25) is 14.5 Å². The third-order valence-corrected chi connectivity index (χ3v) is 5.57. The first-order chi connectivity index (χ1) is 15.4. The lowest BCUT2D eigenvalue weighted by molar-refractivity contribution is -0.138. The van der Waals surface area contributed by atoms with Crippen LogP contribution < -0.4 is 19.7 Å². The Morgan fingerprint density at radius 1 is 0.906 bits per heavy atom. The molecule has 2 aromatic rings. The molecule has 32 heavy (non-hydrogen) atoms. The van der Waals surface area contributed by atoms with E-state index in [2.05, 4.69) is 24.1 Å². The third-order valence-electron chi connectivity index (χ3n) is 5.57. The fraction of sp³-hybridized carbons (Fsp3) is 0.360. The van der Waals surface area contributed by atoms with Crippen LogP contribution in [0.1, 0.15) is 33.3 Å². The van der Waals surface area contributed by atoms with Crippen LogP contribution in [0, 0.1) is 0 Å². The summed E-state index contributed by atoms with van der Waals surface area (Å²) in [5.74, 6) is 0.363. The summed E-state index contributed by atoms with van der Waals surface area (Å²) in [5, 5.41) is 3.20. The Morgan fingerprint density at radius 3 is 2.06 bits per heavy atom. The maximum Gasteiger partial charge on any atom is 0.278 e. The molecule has 7 heteroatoms. The number of benzene rings is 2. The fourth-order valence-corrected chi connectivity index (χ4v) is 3.88. The van der Waals surface area contributed by atoms with Crippen LogP contribution in [-0.2, 0) is 9.59 Å². The second kappa shape index (κ2) is 9.77. The zero-order valence-corrected chi connectivity index (χ0v) is 19.6. The number of ether oxygens (including phenoxy) is 2. The summed E-state index contributed by atoms with van der Waals surface area (Å²) in [6.07, 6.45) is 0. The maximum absolute atomic E-state index is 13.3. The number of hydrogen-bond acceptors (Lipinski definition) is 6. The minimum Gasteiger partial charge on any atom is -0.493 e. The highest BCUT2D eigenvalue weighted by Gasteiger charge is 2.40. The van der Waals surface area contributed by atoms with Crippen LogP contribution in [0.3, 0.4) is 0 Å². The second-order valence-corrected chi connectivity index (χ2v) is 7.74. The minimum absolute atomic E-state index is 0.256. The van der Waals surface area contributed by atoms with Crippen LogP contribution in [-0.4, -0.2) is 50.1 Å². The van der Waals surface area contributed by atoms with Crippen molar-refractivity contribution in [3.63, 3.8) is 0 Å². The summed E-state index contributed by atoms with van der Waals surface area (Å²) < 4.78 is 10.7. The second-order valence-electron chi connectivity index (χ2n) is 7.74. The summed E-state index contributed by atoms with van der Waals surface area (Å²) in [7, 11) is 3.09. The van der Waals surface area contributed by atoms with Crippen molar-refractivity contribution < 1.29 is 19.1 Å². The number of anilines is 2. The molecule has 3 rings (SSSR count). The molecule has 1 N–H and O–H groups in total. The van der Waals surface area contributed by atoms with Gasteiger partial charge >= 0.3 is 0 Å². The van der Waals surface area contributed by atoms with Crippen molar-refractivity contribution in [1.29, 1.82) is 0 Å². The van der Waals surface area contributed by atoms with Crippen molar-refractivity contribution in [1.82, 2.24) is 4.90 Å². The molecule has 0 aliphatic carbocycles. The fourth-order valence-electron chi connectivity index (χ4n) is 3.88. The van der Waals surface area contributed by atoms with Gasteiger partial charge in [0.2, 0.25) is 0 Å². The molecule has 0 spiro atoms. The van der Waals surface area contributed by atoms with Gasteiger partial charge < -0.3 is 19.7 Å². The number of imide groups is 1. The Kier molecular flexibility index (Phi) is 7.08. The summed E-state index contributed by atoms with van der Waals surface area (Å²) in [6.45, 7) is 9.69. The molecule has 0 saturated heterocycles. The first-order valence-electron chi connectivity index (χ1n) is 10.8. The minimum atomic E-state index is -0.345. The van der Waals surface area contributed by atoms with Crippen molar-refractivity contribution >= 4 is 28.8 Å². The molecule has 0 saturated carbocycles. The molecule has 0 fully saturated rings. The number of carbonyl (C=O) groups is 2. The smallest absolute Gasteiger partial charge is 0.278 e. The van der Waals surface area contributed by atoms with Crippen LogP contribution in [0.25, 0.3) is 5.57 Å². The maximum atomic E-state index is 13.3. The van der Waals surface area contributed by atoms with E-state index in [4.69, 9.17) is 9.47 Å². The van der Waals surface area contributed by atoms with Crippen LogP contribution in [0.2, 0.25) is 0 Å². The van der Waals surface area contributed by atoms with Gasteiger partial charge in [-0.2, -0.15) is 0 Å². The molecule has 1 aliphatic heterocycles. The van der Waals surface area contributed by atoms with Crippen molar-refractivity contribution in [3.05, 3.63) is 53.7 Å². The Bertz CT molecular complexity index is 1020. The average Bonchev–Trinajstić information content (AvgIpc) is 3.04. The van der Waals surface area contributed by atoms with Crippen molar-refractivity contribution in [2.45, 2.75) is 33.7 Å². The predicted molar refractivity (Wildman–Crippen MR) is 127 cm³/mol. The van der Waals surface area contributed by atoms with E-state index in [0.717, 1.165) is 24.5 Å². The van der Waals surface area contributed by atoms with Crippen molar-refractivity contribution in [2.75, 3.05) is 37.5 Å². The number of methoxy groups -OCH3 is 2. The highest BCUT2D eigenvalue weighted by atomic mass is 16.5. The van der Waals surface area contributed by atoms with E-state index in [0.29, 0.717) is 22.6 Å². The summed E-state index contributed by atoms with van der Waals surface area (Å²) in [5.41, 5.74) is 3.00. The van der Waals surface area contributed by atoms with Gasteiger partial charge in [0.05, 0.1) is 19.8 Å². The van der Waals surface area contributed by atoms with E-state index >= 15 is 0 Å². The van der Waals surface area contributed by atoms with Gasteiger partial charge in [-0.1, -0.05) is 6.07 Å². The van der Waals surface area contributed by atoms with Crippen LogP contribution >= 0.6 is 0 Å². The Hall–Kier alpha value is -3.48. The number of rotatable bonds is 9. The zero-order chi connectivity index (χ0) is 23.4. The molecule has 170 valence electrons. The molecule has 2 amide bonds. The molecule has 0 bridgehead atoms. The number of nitrogens with zero attached hydrogens (tertiary/aromatic N) is 2. The number of hydrogen-bond donors (Lipinski definition) is 1. The summed E-state index contributed by atoms with van der Waals surface area (Å²) in [6, 6.07) is 12.8. The molecule has 1 heterocycles. The number of carbonyl (C=O) groups excluding carboxylic acids is 2. The molecule has 0 aromatic heterocycles. The molecule has 2 aromatic carbocycles. The monoisotopic (exact) mass is 437 g/mol. The first kappa shape index (κ1) is 23.2. The van der Waals surface area contributed by atoms with Gasteiger partial charge in [0.25, 0.3) is 11.8 Å². The Morgan fingerprint density at radius 2 is 1.53 bits per heavy atom.